The molecular formula is C20H17F2N7O4. The van der Waals surface area contributed by atoms with Gasteiger partial charge in [-0.25, -0.2) is 4.79 Å². The van der Waals surface area contributed by atoms with Crippen LogP contribution in [-0.4, -0.2) is 49.6 Å². The molecule has 2 aromatic carbocycles. The number of hydrogen-bond acceptors (Lipinski definition) is 7. The van der Waals surface area contributed by atoms with E-state index < -0.39 is 30.0 Å². The Labute approximate surface area is 185 Å². The number of nitrogens with zero attached hydrogens (tertiary/aromatic N) is 5. The lowest BCUT2D eigenvalue weighted by molar-refractivity contribution is -0.131. The molecule has 1 aromatic heterocycles. The van der Waals surface area contributed by atoms with Gasteiger partial charge in [-0.3, -0.25) is 14.5 Å². The largest absolute Gasteiger partial charge is 0.435 e. The summed E-state index contributed by atoms with van der Waals surface area (Å²) >= 11 is 0. The number of benzene rings is 2. The number of ether oxygens (including phenoxy) is 1. The summed E-state index contributed by atoms with van der Waals surface area (Å²) in [5.41, 5.74) is 4.86. The Morgan fingerprint density at radius 1 is 1.21 bits per heavy atom. The van der Waals surface area contributed by atoms with Crippen molar-refractivity contribution in [2.24, 2.45) is 5.73 Å². The minimum atomic E-state index is -2.96. The van der Waals surface area contributed by atoms with Crippen LogP contribution in [0.1, 0.15) is 28.7 Å². The van der Waals surface area contributed by atoms with Crippen LogP contribution in [0.5, 0.6) is 5.75 Å². The van der Waals surface area contributed by atoms with Crippen molar-refractivity contribution in [2.75, 3.05) is 0 Å². The summed E-state index contributed by atoms with van der Waals surface area (Å²) in [6, 6.07) is 10.9. The normalized spacial score (nSPS) is 18.0. The van der Waals surface area contributed by atoms with E-state index in [1.165, 1.54) is 48.0 Å². The molecule has 4 rings (SSSR count). The molecule has 1 aliphatic heterocycles. The number of aromatic nitrogens is 4. The van der Waals surface area contributed by atoms with Gasteiger partial charge in [0.15, 0.2) is 5.82 Å². The molecule has 4 amide bonds. The molecule has 0 aliphatic carbocycles. The van der Waals surface area contributed by atoms with Crippen LogP contribution in [0.4, 0.5) is 13.6 Å². The topological polar surface area (TPSA) is 145 Å². The fourth-order valence-corrected chi connectivity index (χ4v) is 3.43. The number of hydrogen-bond donors (Lipinski definition) is 2. The number of tetrazole rings is 1. The van der Waals surface area contributed by atoms with Gasteiger partial charge in [-0.15, -0.1) is 5.10 Å². The first-order valence-corrected chi connectivity index (χ1v) is 9.56. The zero-order valence-corrected chi connectivity index (χ0v) is 17.1. The summed E-state index contributed by atoms with van der Waals surface area (Å²) in [5.74, 6) is -1.15. The summed E-state index contributed by atoms with van der Waals surface area (Å²) in [4.78, 5) is 38.3. The maximum Gasteiger partial charge on any atom is 0.387 e. The second kappa shape index (κ2) is 8.26. The van der Waals surface area contributed by atoms with Gasteiger partial charge in [-0.1, -0.05) is 12.1 Å². The quantitative estimate of drug-likeness (QED) is 0.509. The van der Waals surface area contributed by atoms with Crippen LogP contribution in [0.3, 0.4) is 0 Å². The van der Waals surface area contributed by atoms with Gasteiger partial charge in [-0.2, -0.15) is 13.5 Å². The molecule has 1 aliphatic rings. The van der Waals surface area contributed by atoms with Crippen LogP contribution in [0, 0.1) is 0 Å². The molecular weight excluding hydrogens is 440 g/mol. The predicted octanol–water partition coefficient (Wildman–Crippen LogP) is 1.33. The monoisotopic (exact) mass is 457 g/mol. The van der Waals surface area contributed by atoms with E-state index in [9.17, 15) is 23.2 Å². The van der Waals surface area contributed by atoms with Crippen molar-refractivity contribution in [3.05, 3.63) is 65.5 Å². The van der Waals surface area contributed by atoms with Crippen molar-refractivity contribution in [3.63, 3.8) is 0 Å². The van der Waals surface area contributed by atoms with E-state index in [0.29, 0.717) is 11.3 Å². The van der Waals surface area contributed by atoms with Crippen LogP contribution < -0.4 is 15.8 Å². The molecule has 1 fully saturated rings. The number of carbonyl (C=O) groups is 3. The SMILES string of the molecule is CC1(c2cccc(C(N)=O)c2)NC(=O)N(Cc2nnnn2-c2ccc(OC(F)F)cc2)C1=O. The standard InChI is InChI=1S/C20H17F2N7O4/c1-20(12-4-2-3-11(9-12)16(23)30)17(31)28(19(32)24-20)10-15-25-26-27-29(15)13-5-7-14(8-6-13)33-18(21)22/h2-9,18H,10H2,1H3,(H2,23,30)(H,24,32). The molecule has 3 aromatic rings. The summed E-state index contributed by atoms with van der Waals surface area (Å²) in [7, 11) is 0. The Bertz CT molecular complexity index is 1230. The maximum atomic E-state index is 13.2. The summed E-state index contributed by atoms with van der Waals surface area (Å²) in [6.45, 7) is -1.71. The second-order valence-corrected chi connectivity index (χ2v) is 7.27. The summed E-state index contributed by atoms with van der Waals surface area (Å²) < 4.78 is 30.3. The van der Waals surface area contributed by atoms with Gasteiger partial charge < -0.3 is 15.8 Å². The first-order chi connectivity index (χ1) is 15.7. The number of rotatable bonds is 7. The fourth-order valence-electron chi connectivity index (χ4n) is 3.43. The number of nitrogens with two attached hydrogens (primary N) is 1. The number of amides is 4. The highest BCUT2D eigenvalue weighted by Crippen LogP contribution is 2.30. The number of urea groups is 1. The Morgan fingerprint density at radius 2 is 1.94 bits per heavy atom. The average Bonchev–Trinajstić information content (AvgIpc) is 3.33. The van der Waals surface area contributed by atoms with Crippen LogP contribution in [-0.2, 0) is 16.9 Å². The van der Waals surface area contributed by atoms with Gasteiger partial charge in [0.1, 0.15) is 11.3 Å². The van der Waals surface area contributed by atoms with E-state index in [-0.39, 0.29) is 23.7 Å². The number of halogens is 2. The first-order valence-electron chi connectivity index (χ1n) is 9.56. The summed E-state index contributed by atoms with van der Waals surface area (Å²) in [5, 5.41) is 13.9. The molecule has 0 spiro atoms. The van der Waals surface area contributed by atoms with Crippen molar-refractivity contribution in [1.82, 2.24) is 30.4 Å². The van der Waals surface area contributed by atoms with Gasteiger partial charge in [0.2, 0.25) is 5.91 Å². The lowest BCUT2D eigenvalue weighted by Gasteiger charge is -2.22. The van der Waals surface area contributed by atoms with E-state index in [0.717, 1.165) is 4.90 Å². The third-order valence-corrected chi connectivity index (χ3v) is 5.14. The van der Waals surface area contributed by atoms with Crippen molar-refractivity contribution in [3.8, 4) is 11.4 Å². The minimum Gasteiger partial charge on any atom is -0.435 e. The molecule has 170 valence electrons. The molecule has 1 atom stereocenters. The highest BCUT2D eigenvalue weighted by Gasteiger charge is 2.49. The van der Waals surface area contributed by atoms with Crippen molar-refractivity contribution < 1.29 is 27.9 Å². The Balaban J connectivity index is 1.58. The number of primary amides is 1. The van der Waals surface area contributed by atoms with Crippen LogP contribution in [0.2, 0.25) is 0 Å². The van der Waals surface area contributed by atoms with Crippen molar-refractivity contribution in [1.29, 1.82) is 0 Å². The van der Waals surface area contributed by atoms with Crippen LogP contribution in [0.25, 0.3) is 5.69 Å². The Kier molecular flexibility index (Phi) is 5.45. The fraction of sp³-hybridized carbons (Fsp3) is 0.200. The number of imide groups is 1. The minimum absolute atomic E-state index is 0.0496. The molecule has 1 unspecified atom stereocenters. The third-order valence-electron chi connectivity index (χ3n) is 5.14. The van der Waals surface area contributed by atoms with E-state index in [1.807, 2.05) is 0 Å². The second-order valence-electron chi connectivity index (χ2n) is 7.27. The van der Waals surface area contributed by atoms with Gasteiger partial charge in [-0.05, 0) is 59.3 Å². The van der Waals surface area contributed by atoms with Crippen molar-refractivity contribution >= 4 is 17.8 Å². The third kappa shape index (κ3) is 4.07. The number of alkyl halides is 2. The zero-order valence-electron chi connectivity index (χ0n) is 17.1. The van der Waals surface area contributed by atoms with E-state index >= 15 is 0 Å². The van der Waals surface area contributed by atoms with Gasteiger partial charge in [0.25, 0.3) is 5.91 Å². The Morgan fingerprint density at radius 3 is 2.61 bits per heavy atom. The van der Waals surface area contributed by atoms with E-state index in [4.69, 9.17) is 5.73 Å². The molecule has 2 heterocycles. The molecule has 11 nitrogen and oxygen atoms in total. The van der Waals surface area contributed by atoms with Crippen LogP contribution >= 0.6 is 0 Å². The summed E-state index contributed by atoms with van der Waals surface area (Å²) in [6.07, 6.45) is 0. The lowest BCUT2D eigenvalue weighted by atomic mass is 9.90. The maximum absolute atomic E-state index is 13.2. The molecule has 0 bridgehead atoms. The average molecular weight is 457 g/mol. The molecule has 1 saturated heterocycles. The smallest absolute Gasteiger partial charge is 0.387 e. The van der Waals surface area contributed by atoms with E-state index in [1.54, 1.807) is 12.1 Å². The lowest BCUT2D eigenvalue weighted by Crippen LogP contribution is -2.41. The first kappa shape index (κ1) is 21.8. The molecule has 3 N–H and O–H groups in total. The van der Waals surface area contributed by atoms with Crippen LogP contribution in [0.15, 0.2) is 48.5 Å². The van der Waals surface area contributed by atoms with Gasteiger partial charge in [0, 0.05) is 5.56 Å². The molecule has 0 radical (unpaired) electrons. The molecule has 13 heteroatoms. The Hall–Kier alpha value is -4.42. The van der Waals surface area contributed by atoms with E-state index in [2.05, 4.69) is 25.6 Å². The van der Waals surface area contributed by atoms with Crippen molar-refractivity contribution in [2.45, 2.75) is 25.6 Å². The number of carbonyl (C=O) groups excluding carboxylic acids is 3. The number of nitrogens with one attached hydrogen (secondary N) is 1. The molecule has 33 heavy (non-hydrogen) atoms. The van der Waals surface area contributed by atoms with Gasteiger partial charge in [0.05, 0.1) is 12.2 Å². The zero-order chi connectivity index (χ0) is 23.8. The van der Waals surface area contributed by atoms with Gasteiger partial charge >= 0.3 is 12.6 Å². The molecule has 0 saturated carbocycles. The predicted molar refractivity (Wildman–Crippen MR) is 107 cm³/mol. The highest BCUT2D eigenvalue weighted by molar-refractivity contribution is 6.07. The highest BCUT2D eigenvalue weighted by atomic mass is 19.3.